The van der Waals surface area contributed by atoms with Crippen LogP contribution in [0.4, 0.5) is 4.39 Å². The molecule has 0 amide bonds. The molecule has 0 saturated carbocycles. The van der Waals surface area contributed by atoms with E-state index in [-0.39, 0.29) is 5.82 Å². The number of pyridine rings is 1. The Morgan fingerprint density at radius 2 is 2.05 bits per heavy atom. The summed E-state index contributed by atoms with van der Waals surface area (Å²) in [6.45, 7) is 18.2. The van der Waals surface area contributed by atoms with Gasteiger partial charge in [-0.3, -0.25) is 10.1 Å². The van der Waals surface area contributed by atoms with Gasteiger partial charge >= 0.3 is 0 Å². The van der Waals surface area contributed by atoms with Gasteiger partial charge in [0.05, 0.1) is 22.6 Å². The number of benzene rings is 1. The van der Waals surface area contributed by atoms with Gasteiger partial charge in [0.1, 0.15) is 11.5 Å². The number of fused-ring (bicyclic) bond motifs is 1. The second kappa shape index (κ2) is 11.5. The number of rotatable bonds is 9. The third kappa shape index (κ3) is 5.62. The maximum atomic E-state index is 13.8. The molecule has 0 spiro atoms. The van der Waals surface area contributed by atoms with E-state index in [1.54, 1.807) is 24.5 Å². The summed E-state index contributed by atoms with van der Waals surface area (Å²) in [5.41, 5.74) is 7.37. The Morgan fingerprint density at radius 1 is 1.24 bits per heavy atom. The zero-order valence-corrected chi connectivity index (χ0v) is 21.9. The SMILES string of the molecule is C=C\C(=C/C(=C\C)C(/C)=C/C=c1/[nH]nc(-c2nc3c(-c4cccc(F)c4)cncc3[nH]2)c1=C)NC(=C)CC. The first-order valence-corrected chi connectivity index (χ1v) is 12.3. The Labute approximate surface area is 221 Å². The van der Waals surface area contributed by atoms with Gasteiger partial charge in [0.25, 0.3) is 0 Å². The molecule has 1 aromatic carbocycles. The third-order valence-electron chi connectivity index (χ3n) is 6.20. The standard InChI is InChI=1S/C31H31FN6/c1-7-20(5)34-25(9-3)16-22(8-2)19(4)13-14-27-21(6)29(38-37-27)31-35-28-18-33-17-26(30(28)36-31)23-11-10-12-24(32)15-23/h8-18,34,37H,3,5-7H2,1-2,4H3,(H,35,36)/b19-13+,22-8+,25-16+,27-14+. The van der Waals surface area contributed by atoms with Crippen LogP contribution in [0.5, 0.6) is 0 Å². The van der Waals surface area contributed by atoms with E-state index in [4.69, 9.17) is 4.98 Å². The number of aromatic nitrogens is 5. The summed E-state index contributed by atoms with van der Waals surface area (Å²) in [4.78, 5) is 12.3. The summed E-state index contributed by atoms with van der Waals surface area (Å²) in [5, 5.41) is 12.3. The average molecular weight is 507 g/mol. The van der Waals surface area contributed by atoms with E-state index in [0.29, 0.717) is 27.8 Å². The molecule has 0 bridgehead atoms. The van der Waals surface area contributed by atoms with Crippen molar-refractivity contribution in [3.63, 3.8) is 0 Å². The number of allylic oxidation sites excluding steroid dienone is 7. The minimum absolute atomic E-state index is 0.314. The maximum absolute atomic E-state index is 13.8. The smallest absolute Gasteiger partial charge is 0.159 e. The van der Waals surface area contributed by atoms with Crippen molar-refractivity contribution in [1.82, 2.24) is 30.5 Å². The van der Waals surface area contributed by atoms with Gasteiger partial charge in [-0.2, -0.15) is 5.10 Å². The molecule has 3 aromatic heterocycles. The fraction of sp³-hybridized carbons (Fsp3) is 0.129. The fourth-order valence-electron chi connectivity index (χ4n) is 3.96. The van der Waals surface area contributed by atoms with E-state index >= 15 is 0 Å². The van der Waals surface area contributed by atoms with Crippen LogP contribution in [0.2, 0.25) is 0 Å². The molecule has 0 unspecified atom stereocenters. The second-order valence-corrected chi connectivity index (χ2v) is 8.79. The van der Waals surface area contributed by atoms with E-state index in [0.717, 1.165) is 45.4 Å². The largest absolute Gasteiger partial charge is 0.359 e. The number of halogens is 1. The van der Waals surface area contributed by atoms with E-state index in [1.165, 1.54) is 12.1 Å². The second-order valence-electron chi connectivity index (χ2n) is 8.79. The summed E-state index contributed by atoms with van der Waals surface area (Å²) in [5.74, 6) is 0.244. The number of nitrogens with zero attached hydrogens (tertiary/aromatic N) is 3. The molecule has 7 heteroatoms. The molecule has 0 aliphatic heterocycles. The average Bonchev–Trinajstić information content (AvgIpc) is 3.52. The molecule has 0 fully saturated rings. The highest BCUT2D eigenvalue weighted by atomic mass is 19.1. The summed E-state index contributed by atoms with van der Waals surface area (Å²) in [7, 11) is 0. The topological polar surface area (TPSA) is 82.3 Å². The van der Waals surface area contributed by atoms with Gasteiger partial charge in [-0.1, -0.05) is 50.9 Å². The lowest BCUT2D eigenvalue weighted by atomic mass is 10.1. The molecule has 0 radical (unpaired) electrons. The summed E-state index contributed by atoms with van der Waals surface area (Å²) in [6.07, 6.45) is 14.0. The van der Waals surface area contributed by atoms with Gasteiger partial charge in [0.2, 0.25) is 0 Å². The Balaban J connectivity index is 1.67. The first-order chi connectivity index (χ1) is 18.3. The number of hydrogen-bond acceptors (Lipinski definition) is 4. The lowest BCUT2D eigenvalue weighted by Crippen LogP contribution is -2.21. The minimum atomic E-state index is -0.314. The van der Waals surface area contributed by atoms with Gasteiger partial charge in [0.15, 0.2) is 5.82 Å². The minimum Gasteiger partial charge on any atom is -0.359 e. The maximum Gasteiger partial charge on any atom is 0.159 e. The quantitative estimate of drug-likeness (QED) is 0.250. The lowest BCUT2D eigenvalue weighted by molar-refractivity contribution is 0.628. The molecule has 0 aliphatic rings. The summed E-state index contributed by atoms with van der Waals surface area (Å²) >= 11 is 0. The molecule has 0 aliphatic carbocycles. The molecular formula is C31H31FN6. The van der Waals surface area contributed by atoms with E-state index in [2.05, 4.69) is 45.2 Å². The van der Waals surface area contributed by atoms with Gasteiger partial charge < -0.3 is 10.3 Å². The third-order valence-corrected chi connectivity index (χ3v) is 6.20. The molecule has 3 N–H and O–H groups in total. The number of imidazole rings is 1. The number of nitrogens with one attached hydrogen (secondary N) is 3. The van der Waals surface area contributed by atoms with Crippen LogP contribution in [0, 0.1) is 5.82 Å². The molecule has 0 saturated heterocycles. The van der Waals surface area contributed by atoms with Crippen molar-refractivity contribution < 1.29 is 4.39 Å². The van der Waals surface area contributed by atoms with Crippen molar-refractivity contribution in [1.29, 1.82) is 0 Å². The van der Waals surface area contributed by atoms with Gasteiger partial charge in [-0.25, -0.2) is 9.37 Å². The van der Waals surface area contributed by atoms with Crippen LogP contribution in [0.25, 0.3) is 46.3 Å². The molecule has 4 aromatic rings. The highest BCUT2D eigenvalue weighted by molar-refractivity contribution is 5.92. The molecule has 0 atom stereocenters. The number of aromatic amines is 2. The summed E-state index contributed by atoms with van der Waals surface area (Å²) in [6, 6.07) is 6.38. The molecule has 4 rings (SSSR count). The normalized spacial score (nSPS) is 13.3. The van der Waals surface area contributed by atoms with E-state index < -0.39 is 0 Å². The van der Waals surface area contributed by atoms with Crippen LogP contribution >= 0.6 is 0 Å². The molecular weight excluding hydrogens is 475 g/mol. The van der Waals surface area contributed by atoms with Crippen LogP contribution in [0.1, 0.15) is 27.2 Å². The number of H-pyrrole nitrogens is 2. The van der Waals surface area contributed by atoms with Crippen LogP contribution in [-0.4, -0.2) is 25.1 Å². The fourth-order valence-corrected chi connectivity index (χ4v) is 3.96. The van der Waals surface area contributed by atoms with E-state index in [1.807, 2.05) is 51.1 Å². The molecule has 3 heterocycles. The molecule has 192 valence electrons. The first kappa shape index (κ1) is 26.3. The Kier molecular flexibility index (Phi) is 7.97. The zero-order valence-electron chi connectivity index (χ0n) is 21.9. The molecule has 38 heavy (non-hydrogen) atoms. The van der Waals surface area contributed by atoms with Gasteiger partial charge in [-0.05, 0) is 67.3 Å². The zero-order chi connectivity index (χ0) is 27.2. The first-order valence-electron chi connectivity index (χ1n) is 12.3. The van der Waals surface area contributed by atoms with Crippen molar-refractivity contribution in [2.24, 2.45) is 0 Å². The Hall–Kier alpha value is -4.78. The highest BCUT2D eigenvalue weighted by Crippen LogP contribution is 2.28. The monoisotopic (exact) mass is 506 g/mol. The molecule has 6 nitrogen and oxygen atoms in total. The predicted octanol–water partition coefficient (Wildman–Crippen LogP) is 5.82. The van der Waals surface area contributed by atoms with Crippen LogP contribution < -0.4 is 15.9 Å². The van der Waals surface area contributed by atoms with Crippen LogP contribution in [0.15, 0.2) is 96.7 Å². The lowest BCUT2D eigenvalue weighted by Gasteiger charge is -2.10. The Bertz CT molecular complexity index is 1710. The van der Waals surface area contributed by atoms with Crippen LogP contribution in [-0.2, 0) is 0 Å². The number of hydrogen-bond donors (Lipinski definition) is 3. The van der Waals surface area contributed by atoms with Crippen molar-refractivity contribution in [2.75, 3.05) is 0 Å². The van der Waals surface area contributed by atoms with Crippen LogP contribution in [0.3, 0.4) is 0 Å². The Morgan fingerprint density at radius 3 is 2.76 bits per heavy atom. The van der Waals surface area contributed by atoms with Crippen molar-refractivity contribution >= 4 is 23.7 Å². The predicted molar refractivity (Wildman–Crippen MR) is 154 cm³/mol. The van der Waals surface area contributed by atoms with Crippen molar-refractivity contribution in [3.05, 3.63) is 113 Å². The van der Waals surface area contributed by atoms with E-state index in [9.17, 15) is 4.39 Å². The van der Waals surface area contributed by atoms with Crippen molar-refractivity contribution in [3.8, 4) is 22.6 Å². The highest BCUT2D eigenvalue weighted by Gasteiger charge is 2.14. The van der Waals surface area contributed by atoms with Crippen molar-refractivity contribution in [2.45, 2.75) is 27.2 Å². The summed E-state index contributed by atoms with van der Waals surface area (Å²) < 4.78 is 13.8. The van der Waals surface area contributed by atoms with Gasteiger partial charge in [0, 0.05) is 28.4 Å². The van der Waals surface area contributed by atoms with Gasteiger partial charge in [-0.15, -0.1) is 0 Å².